The highest BCUT2D eigenvalue weighted by atomic mass is 127. The maximum atomic E-state index is 9.58. The van der Waals surface area contributed by atoms with E-state index in [-0.39, 0.29) is 40.0 Å². The normalized spacial score (nSPS) is 17.2. The Morgan fingerprint density at radius 3 is 1.67 bits per heavy atom. The molecule has 0 bridgehead atoms. The first-order valence-corrected chi connectivity index (χ1v) is 24.3. The van der Waals surface area contributed by atoms with Crippen molar-refractivity contribution < 1.29 is 23.1 Å². The van der Waals surface area contributed by atoms with Crippen LogP contribution in [0.5, 0.6) is 0 Å². The molecule has 1 N–H and O–H groups in total. The topological polar surface area (TPSA) is 57.2 Å². The van der Waals surface area contributed by atoms with Crippen molar-refractivity contribution in [1.82, 2.24) is 0 Å². The van der Waals surface area contributed by atoms with Gasteiger partial charge in [0.2, 0.25) is 0 Å². The van der Waals surface area contributed by atoms with Gasteiger partial charge in [0, 0.05) is 19.6 Å². The lowest BCUT2D eigenvalue weighted by atomic mass is 10.0. The van der Waals surface area contributed by atoms with E-state index in [9.17, 15) is 5.11 Å². The second kappa shape index (κ2) is 15.4. The summed E-state index contributed by atoms with van der Waals surface area (Å²) in [6.07, 6.45) is 4.37. The standard InChI is InChI=1S/C30H63IO5Si3/c1-17-25(35-38(13,14)29(5,6)7)27(33-21-18-22-34-37(11,12)28(2,3)4)26(23-24(31)19-20-32)36-39(15,16)30(8,9)10/h17,19,25-27,32H,1,18,20-23H2,2-16H3/b24-19-/t25-,26-,27+/m1/s1. The molecule has 0 rings (SSSR count). The van der Waals surface area contributed by atoms with Crippen LogP contribution in [0.3, 0.4) is 0 Å². The average molecular weight is 715 g/mol. The smallest absolute Gasteiger partial charge is 0.193 e. The zero-order chi connectivity index (χ0) is 31.1. The van der Waals surface area contributed by atoms with Crippen LogP contribution >= 0.6 is 22.6 Å². The third-order valence-electron chi connectivity index (χ3n) is 8.99. The number of ether oxygens (including phenoxy) is 1. The average Bonchev–Trinajstić information content (AvgIpc) is 2.72. The van der Waals surface area contributed by atoms with E-state index in [1.807, 2.05) is 12.2 Å². The van der Waals surface area contributed by atoms with E-state index in [4.69, 9.17) is 18.0 Å². The predicted molar refractivity (Wildman–Crippen MR) is 186 cm³/mol. The van der Waals surface area contributed by atoms with Crippen molar-refractivity contribution in [3.05, 3.63) is 22.3 Å². The molecule has 0 aromatic rings. The van der Waals surface area contributed by atoms with E-state index in [1.165, 1.54) is 0 Å². The fourth-order valence-corrected chi connectivity index (χ4v) is 7.47. The van der Waals surface area contributed by atoms with Crippen molar-refractivity contribution in [2.75, 3.05) is 19.8 Å². The highest BCUT2D eigenvalue weighted by Gasteiger charge is 2.45. The number of hydrogen-bond donors (Lipinski definition) is 1. The highest BCUT2D eigenvalue weighted by Crippen LogP contribution is 2.41. The number of halogens is 1. The molecule has 3 atom stereocenters. The van der Waals surface area contributed by atoms with Gasteiger partial charge >= 0.3 is 0 Å². The van der Waals surface area contributed by atoms with Crippen LogP contribution in [0.1, 0.15) is 75.2 Å². The van der Waals surface area contributed by atoms with Gasteiger partial charge in [-0.05, 0) is 93.1 Å². The van der Waals surface area contributed by atoms with Crippen molar-refractivity contribution >= 4 is 47.5 Å². The number of aliphatic hydroxyl groups excluding tert-OH is 1. The molecule has 0 amide bonds. The van der Waals surface area contributed by atoms with E-state index in [2.05, 4.69) is 131 Å². The quantitative estimate of drug-likeness (QED) is 0.0748. The molecule has 5 nitrogen and oxygen atoms in total. The minimum absolute atomic E-state index is 0.00670. The van der Waals surface area contributed by atoms with Crippen LogP contribution in [0.2, 0.25) is 54.4 Å². The monoisotopic (exact) mass is 714 g/mol. The lowest BCUT2D eigenvalue weighted by Crippen LogP contribution is -2.54. The third-order valence-corrected chi connectivity index (χ3v) is 23.4. The van der Waals surface area contributed by atoms with Gasteiger partial charge in [0.1, 0.15) is 6.10 Å². The lowest BCUT2D eigenvalue weighted by molar-refractivity contribution is -0.0777. The summed E-state index contributed by atoms with van der Waals surface area (Å²) in [6.45, 7) is 39.5. The van der Waals surface area contributed by atoms with Crippen molar-refractivity contribution in [3.8, 4) is 0 Å². The first-order valence-electron chi connectivity index (χ1n) is 14.5. The van der Waals surface area contributed by atoms with Crippen LogP contribution in [0.4, 0.5) is 0 Å². The molecule has 0 aliphatic heterocycles. The number of hydrogen-bond acceptors (Lipinski definition) is 5. The Bertz CT molecular complexity index is 777. The van der Waals surface area contributed by atoms with Gasteiger partial charge in [0.05, 0.1) is 18.8 Å². The van der Waals surface area contributed by atoms with Crippen LogP contribution in [0.25, 0.3) is 0 Å². The molecule has 9 heteroatoms. The van der Waals surface area contributed by atoms with Gasteiger partial charge in [-0.2, -0.15) is 0 Å². The second-order valence-electron chi connectivity index (χ2n) is 15.3. The Kier molecular flexibility index (Phi) is 15.7. The molecule has 0 unspecified atom stereocenters. The predicted octanol–water partition coefficient (Wildman–Crippen LogP) is 9.45. The van der Waals surface area contributed by atoms with E-state index in [0.717, 1.165) is 10.0 Å². The molecule has 0 heterocycles. The van der Waals surface area contributed by atoms with Gasteiger partial charge < -0.3 is 23.1 Å². The molecule has 232 valence electrons. The summed E-state index contributed by atoms with van der Waals surface area (Å²) < 4.78 is 28.2. The Morgan fingerprint density at radius 1 is 0.795 bits per heavy atom. The summed E-state index contributed by atoms with van der Waals surface area (Å²) in [5.41, 5.74) is 0. The molecule has 0 spiro atoms. The molecular formula is C30H63IO5Si3. The van der Waals surface area contributed by atoms with Gasteiger partial charge in [0.15, 0.2) is 25.0 Å². The van der Waals surface area contributed by atoms with Gasteiger partial charge in [-0.25, -0.2) is 0 Å². The van der Waals surface area contributed by atoms with Crippen LogP contribution in [-0.4, -0.2) is 68.2 Å². The molecule has 0 aliphatic carbocycles. The molecule has 39 heavy (non-hydrogen) atoms. The third kappa shape index (κ3) is 12.8. The minimum Gasteiger partial charge on any atom is -0.417 e. The molecule has 0 saturated carbocycles. The maximum Gasteiger partial charge on any atom is 0.193 e. The van der Waals surface area contributed by atoms with Crippen LogP contribution in [0, 0.1) is 0 Å². The van der Waals surface area contributed by atoms with E-state index < -0.39 is 25.0 Å². The van der Waals surface area contributed by atoms with E-state index >= 15 is 0 Å². The summed E-state index contributed by atoms with van der Waals surface area (Å²) in [7, 11) is -6.08. The van der Waals surface area contributed by atoms with Crippen molar-refractivity contribution in [1.29, 1.82) is 0 Å². The number of rotatable bonds is 16. The van der Waals surface area contributed by atoms with Gasteiger partial charge in [-0.1, -0.05) is 68.4 Å². The van der Waals surface area contributed by atoms with Gasteiger partial charge in [-0.15, -0.1) is 6.58 Å². The maximum absolute atomic E-state index is 9.58. The zero-order valence-corrected chi connectivity index (χ0v) is 33.2. The van der Waals surface area contributed by atoms with Crippen molar-refractivity contribution in [2.45, 2.75) is 148 Å². The molecular weight excluding hydrogens is 651 g/mol. The first-order chi connectivity index (χ1) is 17.3. The first kappa shape index (κ1) is 39.7. The molecule has 0 aromatic carbocycles. The second-order valence-corrected chi connectivity index (χ2v) is 31.0. The Balaban J connectivity index is 6.24. The van der Waals surface area contributed by atoms with Crippen molar-refractivity contribution in [3.63, 3.8) is 0 Å². The SMILES string of the molecule is C=C[C@@H](O[Si](C)(C)C(C)(C)C)[C@H](OCCCO[Si](C)(C)C(C)(C)C)[C@@H](C/C(I)=C/CO)O[Si](C)(C)C(C)(C)C. The summed E-state index contributed by atoms with van der Waals surface area (Å²) in [5, 5.41) is 9.86. The fourth-order valence-electron chi connectivity index (χ4n) is 3.16. The molecule has 0 saturated heterocycles. The molecule has 0 aliphatic rings. The number of aliphatic hydroxyl groups is 1. The highest BCUT2D eigenvalue weighted by molar-refractivity contribution is 14.1. The fraction of sp³-hybridized carbons (Fsp3) is 0.867. The molecule has 0 aromatic heterocycles. The summed E-state index contributed by atoms with van der Waals surface area (Å²) in [4.78, 5) is 0. The summed E-state index contributed by atoms with van der Waals surface area (Å²) in [5.74, 6) is 0. The minimum atomic E-state index is -2.15. The van der Waals surface area contributed by atoms with Crippen LogP contribution in [0.15, 0.2) is 22.3 Å². The molecule has 0 radical (unpaired) electrons. The summed E-state index contributed by atoms with van der Waals surface area (Å²) in [6, 6.07) is 0. The summed E-state index contributed by atoms with van der Waals surface area (Å²) >= 11 is 2.31. The Hall–Kier alpha value is 0.661. The Morgan fingerprint density at radius 2 is 1.26 bits per heavy atom. The zero-order valence-electron chi connectivity index (χ0n) is 28.1. The van der Waals surface area contributed by atoms with E-state index in [0.29, 0.717) is 19.6 Å². The largest absolute Gasteiger partial charge is 0.417 e. The van der Waals surface area contributed by atoms with Gasteiger partial charge in [-0.3, -0.25) is 0 Å². The van der Waals surface area contributed by atoms with Crippen LogP contribution < -0.4 is 0 Å². The van der Waals surface area contributed by atoms with E-state index in [1.54, 1.807) is 0 Å². The Labute approximate surface area is 259 Å². The molecule has 0 fully saturated rings. The van der Waals surface area contributed by atoms with Crippen molar-refractivity contribution in [2.24, 2.45) is 0 Å². The van der Waals surface area contributed by atoms with Gasteiger partial charge in [0.25, 0.3) is 0 Å². The lowest BCUT2D eigenvalue weighted by Gasteiger charge is -2.45. The van der Waals surface area contributed by atoms with Crippen LogP contribution in [-0.2, 0) is 18.0 Å².